The van der Waals surface area contributed by atoms with Gasteiger partial charge in [0.1, 0.15) is 17.3 Å². The highest BCUT2D eigenvalue weighted by atomic mass is 35.5. The number of hydrogen-bond donors (Lipinski definition) is 1. The van der Waals surface area contributed by atoms with Crippen molar-refractivity contribution in [3.63, 3.8) is 0 Å². The third-order valence-corrected chi connectivity index (χ3v) is 3.66. The fraction of sp³-hybridized carbons (Fsp3) is 0.111. The summed E-state index contributed by atoms with van der Waals surface area (Å²) in [6.07, 6.45) is 1.40. The number of nitrogens with zero attached hydrogens (tertiary/aromatic N) is 2. The summed E-state index contributed by atoms with van der Waals surface area (Å²) in [4.78, 5) is 32.1. The van der Waals surface area contributed by atoms with Gasteiger partial charge in [-0.05, 0) is 36.4 Å². The van der Waals surface area contributed by atoms with Gasteiger partial charge in [0.05, 0.1) is 17.6 Å². The minimum absolute atomic E-state index is 0.111. The predicted octanol–water partition coefficient (Wildman–Crippen LogP) is 3.09. The van der Waals surface area contributed by atoms with E-state index in [4.69, 9.17) is 21.1 Å². The van der Waals surface area contributed by atoms with E-state index in [0.717, 1.165) is 5.39 Å². The van der Waals surface area contributed by atoms with Crippen LogP contribution in [0, 0.1) is 0 Å². The van der Waals surface area contributed by atoms with E-state index in [-0.39, 0.29) is 5.69 Å². The van der Waals surface area contributed by atoms with E-state index in [1.165, 1.54) is 12.3 Å². The Morgan fingerprint density at radius 3 is 2.73 bits per heavy atom. The normalized spacial score (nSPS) is 10.4. The van der Waals surface area contributed by atoms with Gasteiger partial charge in [-0.2, -0.15) is 0 Å². The van der Waals surface area contributed by atoms with Gasteiger partial charge < -0.3 is 14.8 Å². The average Bonchev–Trinajstić information content (AvgIpc) is 2.67. The summed E-state index contributed by atoms with van der Waals surface area (Å²) in [5, 5.41) is 3.78. The van der Waals surface area contributed by atoms with Crippen molar-refractivity contribution in [2.45, 2.75) is 0 Å². The van der Waals surface area contributed by atoms with Crippen LogP contribution in [0.25, 0.3) is 10.9 Å². The third kappa shape index (κ3) is 4.25. The minimum atomic E-state index is -0.693. The zero-order valence-corrected chi connectivity index (χ0v) is 14.5. The maximum Gasteiger partial charge on any atom is 0.357 e. The van der Waals surface area contributed by atoms with Crippen molar-refractivity contribution < 1.29 is 19.1 Å². The number of carbonyl (C=O) groups excluding carboxylic acids is 2. The van der Waals surface area contributed by atoms with Crippen molar-refractivity contribution in [2.24, 2.45) is 0 Å². The monoisotopic (exact) mass is 371 g/mol. The molecule has 0 atom stereocenters. The summed E-state index contributed by atoms with van der Waals surface area (Å²) in [6.45, 7) is -0.453. The molecule has 1 amide bonds. The van der Waals surface area contributed by atoms with Gasteiger partial charge in [0.2, 0.25) is 0 Å². The topological polar surface area (TPSA) is 90.4 Å². The Balaban J connectivity index is 1.61. The van der Waals surface area contributed by atoms with Gasteiger partial charge in [-0.15, -0.1) is 0 Å². The van der Waals surface area contributed by atoms with Crippen molar-refractivity contribution in [1.29, 1.82) is 0 Å². The molecule has 2 aromatic heterocycles. The average molecular weight is 372 g/mol. The Morgan fingerprint density at radius 2 is 2.00 bits per heavy atom. The van der Waals surface area contributed by atoms with E-state index in [1.807, 2.05) is 6.07 Å². The molecule has 8 heteroatoms. The van der Waals surface area contributed by atoms with Gasteiger partial charge in [0.25, 0.3) is 5.91 Å². The zero-order chi connectivity index (χ0) is 18.5. The molecule has 0 aliphatic carbocycles. The molecule has 0 aliphatic rings. The van der Waals surface area contributed by atoms with Gasteiger partial charge in [0, 0.05) is 11.6 Å². The first-order valence-corrected chi connectivity index (χ1v) is 7.96. The number of fused-ring (bicyclic) bond motifs is 1. The van der Waals surface area contributed by atoms with E-state index in [1.54, 1.807) is 37.4 Å². The number of nitrogens with one attached hydrogen (secondary N) is 1. The molecule has 1 aromatic carbocycles. The molecule has 0 spiro atoms. The number of halogens is 1. The highest BCUT2D eigenvalue weighted by molar-refractivity contribution is 6.30. The molecule has 1 N–H and O–H groups in total. The first-order valence-electron chi connectivity index (χ1n) is 7.58. The second-order valence-electron chi connectivity index (χ2n) is 5.24. The van der Waals surface area contributed by atoms with E-state index in [0.29, 0.717) is 22.1 Å². The van der Waals surface area contributed by atoms with Crippen LogP contribution < -0.4 is 10.1 Å². The lowest BCUT2D eigenvalue weighted by Crippen LogP contribution is -2.21. The lowest BCUT2D eigenvalue weighted by molar-refractivity contribution is -0.119. The number of ether oxygens (including phenoxy) is 2. The molecule has 0 saturated carbocycles. The molecule has 0 radical (unpaired) electrons. The summed E-state index contributed by atoms with van der Waals surface area (Å²) < 4.78 is 10.1. The Bertz CT molecular complexity index is 960. The lowest BCUT2D eigenvalue weighted by atomic mass is 10.2. The number of anilines is 1. The molecule has 2 heterocycles. The molecule has 132 valence electrons. The van der Waals surface area contributed by atoms with Crippen LogP contribution in [0.3, 0.4) is 0 Å². The van der Waals surface area contributed by atoms with Crippen LogP contribution in [0.5, 0.6) is 5.75 Å². The Hall–Kier alpha value is -3.19. The molecule has 0 aliphatic heterocycles. The largest absolute Gasteiger partial charge is 0.497 e. The summed E-state index contributed by atoms with van der Waals surface area (Å²) >= 11 is 5.72. The van der Waals surface area contributed by atoms with Crippen LogP contribution in [0.4, 0.5) is 5.82 Å². The second kappa shape index (κ2) is 7.79. The van der Waals surface area contributed by atoms with Crippen LogP contribution in [0.1, 0.15) is 10.5 Å². The second-order valence-corrected chi connectivity index (χ2v) is 5.68. The first-order chi connectivity index (χ1) is 12.5. The highest BCUT2D eigenvalue weighted by Crippen LogP contribution is 2.19. The van der Waals surface area contributed by atoms with E-state index in [9.17, 15) is 9.59 Å². The van der Waals surface area contributed by atoms with Crippen LogP contribution in [-0.4, -0.2) is 35.6 Å². The van der Waals surface area contributed by atoms with Crippen LogP contribution in [0.15, 0.2) is 48.7 Å². The summed E-state index contributed by atoms with van der Waals surface area (Å²) in [5.74, 6) is -0.198. The molecule has 0 fully saturated rings. The van der Waals surface area contributed by atoms with Gasteiger partial charge in [-0.25, -0.2) is 14.8 Å². The third-order valence-electron chi connectivity index (χ3n) is 3.43. The highest BCUT2D eigenvalue weighted by Gasteiger charge is 2.13. The number of rotatable bonds is 5. The number of aromatic nitrogens is 2. The number of benzene rings is 1. The van der Waals surface area contributed by atoms with Gasteiger partial charge >= 0.3 is 5.97 Å². The molecular weight excluding hydrogens is 358 g/mol. The van der Waals surface area contributed by atoms with Gasteiger partial charge in [0.15, 0.2) is 6.61 Å². The number of methoxy groups -OCH3 is 1. The Labute approximate surface area is 153 Å². The van der Waals surface area contributed by atoms with Gasteiger partial charge in [-0.1, -0.05) is 17.7 Å². The van der Waals surface area contributed by atoms with Crippen molar-refractivity contribution in [3.8, 4) is 5.75 Å². The summed E-state index contributed by atoms with van der Waals surface area (Å²) in [5.41, 5.74) is 0.732. The van der Waals surface area contributed by atoms with E-state index in [2.05, 4.69) is 15.3 Å². The number of pyridine rings is 2. The standard InChI is InChI=1S/C18H14ClN3O4/c1-25-13-4-6-14-11(8-13)2-5-15(21-14)18(24)26-10-17(23)22-16-7-3-12(19)9-20-16/h2-9H,10H2,1H3,(H,20,22,23). The van der Waals surface area contributed by atoms with Crippen molar-refractivity contribution >= 4 is 40.2 Å². The fourth-order valence-corrected chi connectivity index (χ4v) is 2.29. The molecule has 7 nitrogen and oxygen atoms in total. The van der Waals surface area contributed by atoms with Crippen LogP contribution >= 0.6 is 11.6 Å². The number of esters is 1. The SMILES string of the molecule is COc1ccc2nc(C(=O)OCC(=O)Nc3ccc(Cl)cn3)ccc2c1. The summed E-state index contributed by atoms with van der Waals surface area (Å²) in [6, 6.07) is 11.7. The first kappa shape index (κ1) is 17.6. The maximum atomic E-state index is 12.1. The minimum Gasteiger partial charge on any atom is -0.497 e. The van der Waals surface area contributed by atoms with E-state index >= 15 is 0 Å². The quantitative estimate of drug-likeness (QED) is 0.693. The van der Waals surface area contributed by atoms with E-state index < -0.39 is 18.5 Å². The number of amides is 1. The molecular formula is C18H14ClN3O4. The molecule has 3 rings (SSSR count). The Morgan fingerprint density at radius 1 is 1.15 bits per heavy atom. The number of hydrogen-bond acceptors (Lipinski definition) is 6. The predicted molar refractivity (Wildman–Crippen MR) is 96.5 cm³/mol. The van der Waals surface area contributed by atoms with Crippen molar-refractivity contribution in [3.05, 3.63) is 59.4 Å². The zero-order valence-electron chi connectivity index (χ0n) is 13.7. The van der Waals surface area contributed by atoms with Crippen molar-refractivity contribution in [2.75, 3.05) is 19.0 Å². The smallest absolute Gasteiger partial charge is 0.357 e. The lowest BCUT2D eigenvalue weighted by Gasteiger charge is -2.07. The molecule has 0 saturated heterocycles. The Kier molecular flexibility index (Phi) is 5.28. The van der Waals surface area contributed by atoms with Gasteiger partial charge in [-0.3, -0.25) is 4.79 Å². The van der Waals surface area contributed by atoms with Crippen molar-refractivity contribution in [1.82, 2.24) is 9.97 Å². The molecule has 0 unspecified atom stereocenters. The fourth-order valence-electron chi connectivity index (χ4n) is 2.18. The summed E-state index contributed by atoms with van der Waals surface area (Å²) in [7, 11) is 1.57. The molecule has 26 heavy (non-hydrogen) atoms. The van der Waals surface area contributed by atoms with Crippen LogP contribution in [-0.2, 0) is 9.53 Å². The number of carbonyl (C=O) groups is 2. The molecule has 0 bridgehead atoms. The maximum absolute atomic E-state index is 12.1. The van der Waals surface area contributed by atoms with Crippen LogP contribution in [0.2, 0.25) is 5.02 Å². The molecule has 3 aromatic rings.